The highest BCUT2D eigenvalue weighted by atomic mass is 32.2. The minimum absolute atomic E-state index is 0.0491. The first-order chi connectivity index (χ1) is 13.2. The SMILES string of the molecule is CS(=O)(=O)c1ccc(NC(=O)N2c3nc(C(=O)O)ccc3N3CCC2C3)nc1. The van der Waals surface area contributed by atoms with E-state index in [4.69, 9.17) is 0 Å². The molecule has 2 amide bonds. The van der Waals surface area contributed by atoms with Crippen LogP contribution in [-0.2, 0) is 9.84 Å². The van der Waals surface area contributed by atoms with Gasteiger partial charge in [-0.25, -0.2) is 28.0 Å². The molecule has 0 radical (unpaired) electrons. The van der Waals surface area contributed by atoms with E-state index in [1.807, 2.05) is 0 Å². The van der Waals surface area contributed by atoms with Crippen molar-refractivity contribution >= 4 is 39.2 Å². The first kappa shape index (κ1) is 18.2. The van der Waals surface area contributed by atoms with Crippen LogP contribution in [0.15, 0.2) is 35.4 Å². The highest BCUT2D eigenvalue weighted by molar-refractivity contribution is 7.90. The van der Waals surface area contributed by atoms with Crippen molar-refractivity contribution in [2.45, 2.75) is 17.4 Å². The van der Waals surface area contributed by atoms with Crippen LogP contribution < -0.4 is 15.1 Å². The van der Waals surface area contributed by atoms with E-state index in [1.165, 1.54) is 29.3 Å². The molecule has 0 aliphatic carbocycles. The number of carbonyl (C=O) groups is 2. The van der Waals surface area contributed by atoms with Crippen LogP contribution in [0, 0.1) is 0 Å². The van der Waals surface area contributed by atoms with Gasteiger partial charge in [0.05, 0.1) is 16.6 Å². The Labute approximate surface area is 160 Å². The van der Waals surface area contributed by atoms with Crippen molar-refractivity contribution in [2.24, 2.45) is 0 Å². The summed E-state index contributed by atoms with van der Waals surface area (Å²) in [5.41, 5.74) is 0.559. The summed E-state index contributed by atoms with van der Waals surface area (Å²) in [5, 5.41) is 11.9. The first-order valence-corrected chi connectivity index (χ1v) is 10.4. The number of aromatic carboxylic acids is 1. The average Bonchev–Trinajstić information content (AvgIpc) is 3.05. The van der Waals surface area contributed by atoms with Gasteiger partial charge < -0.3 is 10.0 Å². The van der Waals surface area contributed by atoms with E-state index in [0.717, 1.165) is 19.2 Å². The van der Waals surface area contributed by atoms with Crippen molar-refractivity contribution < 1.29 is 23.1 Å². The van der Waals surface area contributed by atoms with Gasteiger partial charge in [-0.3, -0.25) is 10.2 Å². The molecule has 146 valence electrons. The molecule has 28 heavy (non-hydrogen) atoms. The lowest BCUT2D eigenvalue weighted by Crippen LogP contribution is -2.48. The van der Waals surface area contributed by atoms with Gasteiger partial charge in [-0.1, -0.05) is 0 Å². The topological polar surface area (TPSA) is 133 Å². The maximum atomic E-state index is 12.9. The fourth-order valence-electron chi connectivity index (χ4n) is 3.43. The number of hydrogen-bond acceptors (Lipinski definition) is 7. The number of carbonyl (C=O) groups excluding carboxylic acids is 1. The molecule has 1 fully saturated rings. The monoisotopic (exact) mass is 403 g/mol. The van der Waals surface area contributed by atoms with Gasteiger partial charge in [0.25, 0.3) is 0 Å². The van der Waals surface area contributed by atoms with E-state index in [1.54, 1.807) is 6.07 Å². The third-order valence-electron chi connectivity index (χ3n) is 4.79. The smallest absolute Gasteiger partial charge is 0.354 e. The molecular formula is C17H17N5O5S. The van der Waals surface area contributed by atoms with Gasteiger partial charge in [0.15, 0.2) is 21.3 Å². The van der Waals surface area contributed by atoms with Crippen LogP contribution in [0.4, 0.5) is 22.1 Å². The van der Waals surface area contributed by atoms with E-state index in [0.29, 0.717) is 18.1 Å². The summed E-state index contributed by atoms with van der Waals surface area (Å²) in [5.74, 6) is -0.693. The molecule has 2 aliphatic rings. The summed E-state index contributed by atoms with van der Waals surface area (Å²) in [6.07, 6.45) is 2.98. The number of sulfone groups is 1. The standard InChI is InChI=1S/C17H17N5O5S/c1-28(26,27)11-2-5-14(18-8-11)20-17(25)22-10-6-7-21(9-10)13-4-3-12(16(23)24)19-15(13)22/h2-5,8,10H,6-7,9H2,1H3,(H,23,24)(H,18,20,25). The highest BCUT2D eigenvalue weighted by Gasteiger charge is 2.40. The van der Waals surface area contributed by atoms with E-state index < -0.39 is 21.8 Å². The number of nitrogens with one attached hydrogen (secondary N) is 1. The molecule has 1 atom stereocenters. The fraction of sp³-hybridized carbons (Fsp3) is 0.294. The number of amides is 2. The predicted molar refractivity (Wildman–Crippen MR) is 101 cm³/mol. The van der Waals surface area contributed by atoms with Crippen molar-refractivity contribution in [1.29, 1.82) is 0 Å². The Morgan fingerprint density at radius 1 is 1.25 bits per heavy atom. The number of urea groups is 1. The third-order valence-corrected chi connectivity index (χ3v) is 5.89. The van der Waals surface area contributed by atoms with Crippen LogP contribution in [0.25, 0.3) is 0 Å². The van der Waals surface area contributed by atoms with Crippen LogP contribution >= 0.6 is 0 Å². The lowest BCUT2D eigenvalue weighted by Gasteiger charge is -2.35. The Balaban J connectivity index is 1.64. The minimum atomic E-state index is -3.39. The van der Waals surface area contributed by atoms with Gasteiger partial charge in [-0.05, 0) is 30.7 Å². The normalized spacial score (nSPS) is 18.0. The number of carboxylic acid groups (broad SMARTS) is 1. The zero-order valence-electron chi connectivity index (χ0n) is 14.9. The summed E-state index contributed by atoms with van der Waals surface area (Å²) < 4.78 is 23.1. The van der Waals surface area contributed by atoms with E-state index >= 15 is 0 Å². The molecule has 2 N–H and O–H groups in total. The van der Waals surface area contributed by atoms with Crippen molar-refractivity contribution in [2.75, 3.05) is 34.5 Å². The van der Waals surface area contributed by atoms with Crippen LogP contribution in [0.2, 0.25) is 0 Å². The Morgan fingerprint density at radius 2 is 2.04 bits per heavy atom. The van der Waals surface area contributed by atoms with Crippen LogP contribution in [-0.4, -0.2) is 60.9 Å². The van der Waals surface area contributed by atoms with Crippen LogP contribution in [0.1, 0.15) is 16.9 Å². The number of anilines is 3. The zero-order chi connectivity index (χ0) is 20.1. The summed E-state index contributed by atoms with van der Waals surface area (Å²) in [4.78, 5) is 35.9. The van der Waals surface area contributed by atoms with Gasteiger partial charge in [0.1, 0.15) is 5.82 Å². The Hall–Kier alpha value is -3.21. The second kappa shape index (κ2) is 6.44. The molecule has 4 heterocycles. The highest BCUT2D eigenvalue weighted by Crippen LogP contribution is 2.39. The van der Waals surface area contributed by atoms with Crippen LogP contribution in [0.3, 0.4) is 0 Å². The lowest BCUT2D eigenvalue weighted by molar-refractivity contribution is 0.0690. The van der Waals surface area contributed by atoms with Gasteiger partial charge in [0, 0.05) is 25.5 Å². The zero-order valence-corrected chi connectivity index (χ0v) is 15.7. The van der Waals surface area contributed by atoms with Crippen molar-refractivity contribution in [1.82, 2.24) is 9.97 Å². The summed E-state index contributed by atoms with van der Waals surface area (Å²) in [6.45, 7) is 1.38. The molecule has 2 aromatic rings. The largest absolute Gasteiger partial charge is 0.477 e. The summed E-state index contributed by atoms with van der Waals surface area (Å²) >= 11 is 0. The second-order valence-electron chi connectivity index (χ2n) is 6.68. The molecule has 1 saturated heterocycles. The van der Waals surface area contributed by atoms with E-state index in [-0.39, 0.29) is 22.4 Å². The summed E-state index contributed by atoms with van der Waals surface area (Å²) in [6, 6.07) is 5.21. The quantitative estimate of drug-likeness (QED) is 0.781. The van der Waals surface area contributed by atoms with E-state index in [2.05, 4.69) is 20.2 Å². The molecule has 2 aliphatic heterocycles. The molecule has 0 aromatic carbocycles. The molecule has 0 spiro atoms. The van der Waals surface area contributed by atoms with Crippen molar-refractivity contribution in [3.63, 3.8) is 0 Å². The molecule has 0 saturated carbocycles. The van der Waals surface area contributed by atoms with Gasteiger partial charge in [0.2, 0.25) is 0 Å². The summed E-state index contributed by atoms with van der Waals surface area (Å²) in [7, 11) is -3.39. The van der Waals surface area contributed by atoms with Gasteiger partial charge >= 0.3 is 12.0 Å². The maximum absolute atomic E-state index is 12.9. The minimum Gasteiger partial charge on any atom is -0.477 e. The number of aromatic nitrogens is 2. The Kier molecular flexibility index (Phi) is 4.18. The molecule has 10 nitrogen and oxygen atoms in total. The van der Waals surface area contributed by atoms with Crippen molar-refractivity contribution in [3.8, 4) is 0 Å². The molecule has 11 heteroatoms. The number of fused-ring (bicyclic) bond motifs is 4. The molecule has 1 unspecified atom stereocenters. The fourth-order valence-corrected chi connectivity index (χ4v) is 3.99. The number of carboxylic acids is 1. The van der Waals surface area contributed by atoms with Crippen LogP contribution in [0.5, 0.6) is 0 Å². The first-order valence-electron chi connectivity index (χ1n) is 8.49. The molecule has 4 rings (SSSR count). The maximum Gasteiger partial charge on any atom is 0.354 e. The lowest BCUT2D eigenvalue weighted by atomic mass is 10.2. The molecule has 2 aromatic heterocycles. The number of hydrogen-bond donors (Lipinski definition) is 2. The van der Waals surface area contributed by atoms with Gasteiger partial charge in [-0.15, -0.1) is 0 Å². The Bertz CT molecular complexity index is 1070. The number of rotatable bonds is 3. The number of nitrogens with zero attached hydrogens (tertiary/aromatic N) is 4. The third kappa shape index (κ3) is 3.13. The predicted octanol–water partition coefficient (Wildman–Crippen LogP) is 1.21. The average molecular weight is 403 g/mol. The number of pyridine rings is 2. The van der Waals surface area contributed by atoms with E-state index in [9.17, 15) is 23.1 Å². The Morgan fingerprint density at radius 3 is 2.68 bits per heavy atom. The second-order valence-corrected chi connectivity index (χ2v) is 8.70. The molecule has 2 bridgehead atoms. The van der Waals surface area contributed by atoms with Gasteiger partial charge in [-0.2, -0.15) is 0 Å². The van der Waals surface area contributed by atoms with Crippen molar-refractivity contribution in [3.05, 3.63) is 36.2 Å². The molecular weight excluding hydrogens is 386 g/mol.